The first kappa shape index (κ1) is 37.5. The maximum atomic E-state index is 11.2. The topological polar surface area (TPSA) is 284 Å². The summed E-state index contributed by atoms with van der Waals surface area (Å²) >= 11 is 0. The third-order valence-electron chi connectivity index (χ3n) is 6.72. The molecule has 15 atom stereocenters. The predicted molar refractivity (Wildman–Crippen MR) is 122 cm³/mol. The summed E-state index contributed by atoms with van der Waals surface area (Å²) in [4.78, 5) is 0. The van der Waals surface area contributed by atoms with E-state index in [0.29, 0.717) is 6.42 Å². The molecule has 236 valence electrons. The first-order valence-corrected chi connectivity index (χ1v) is 13.9. The van der Waals surface area contributed by atoms with Crippen LogP contribution >= 0.6 is 0 Å². The van der Waals surface area contributed by atoms with Crippen LogP contribution in [0.15, 0.2) is 0 Å². The van der Waals surface area contributed by atoms with Crippen molar-refractivity contribution in [3.8, 4) is 0 Å². The molecule has 0 amide bonds. The van der Waals surface area contributed by atoms with Crippen LogP contribution in [0.25, 0.3) is 0 Å². The molecule has 0 aromatic carbocycles. The number of hydrogen-bond donors (Lipinski definition) is 8. The van der Waals surface area contributed by atoms with Gasteiger partial charge in [-0.1, -0.05) is 6.92 Å². The fourth-order valence-electron chi connectivity index (χ4n) is 4.49. The third kappa shape index (κ3) is 9.17. The first-order chi connectivity index (χ1) is 18.7. The van der Waals surface area contributed by atoms with E-state index in [-0.39, 0.29) is 36.2 Å². The minimum atomic E-state index is -5.28. The Morgan fingerprint density at radius 2 is 1.27 bits per heavy atom. The van der Waals surface area contributed by atoms with Gasteiger partial charge in [0.1, 0.15) is 67.1 Å². The Hall–Kier alpha value is 0.310. The van der Waals surface area contributed by atoms with Gasteiger partial charge in [-0.05, 0) is 13.3 Å². The molecule has 0 spiro atoms. The molecule has 3 rings (SSSR count). The van der Waals surface area contributed by atoms with Crippen molar-refractivity contribution in [2.45, 2.75) is 112 Å². The van der Waals surface area contributed by atoms with Crippen LogP contribution in [-0.2, 0) is 43.0 Å². The van der Waals surface area contributed by atoms with E-state index in [1.807, 2.05) is 0 Å². The zero-order valence-electron chi connectivity index (χ0n) is 22.6. The average Bonchev–Trinajstić information content (AvgIpc) is 2.90. The van der Waals surface area contributed by atoms with Crippen LogP contribution in [0.3, 0.4) is 0 Å². The average molecular weight is 633 g/mol. The molecule has 0 unspecified atom stereocenters. The van der Waals surface area contributed by atoms with E-state index in [0.717, 1.165) is 0 Å². The Kier molecular flexibility index (Phi) is 14.7. The minimum absolute atomic E-state index is 0. The largest absolute Gasteiger partial charge is 1.00 e. The quantitative estimate of drug-likeness (QED) is 0.0596. The standard InChI is InChI=1S/C21H38O18S.Na/c1-3-4-33-19-16(29)18(39-20-14(27)12(25)10(23)7(2)35-20)17(9(37-19)6-34-40(30,31)32)38-21-15(28)13(26)11(24)8(5-22)36-21;/h7-29H,3-6H2,1-2H3,(H,30,31,32);/q;+1/p-1/t7-,8+,9+,10+,11-,12+,13-,14-,15+,16+,17+,18+,19+,20-,21-;/m0./s1. The van der Waals surface area contributed by atoms with Gasteiger partial charge in [0.05, 0.1) is 19.3 Å². The van der Waals surface area contributed by atoms with Crippen LogP contribution in [0.2, 0.25) is 0 Å². The van der Waals surface area contributed by atoms with Crippen LogP contribution in [0, 0.1) is 0 Å². The SMILES string of the molecule is CCCO[C@@H]1O[C@H](COS(=O)(=O)[O-])[C@@H](O[C@@H]2O[C@H](CO)[C@H](O)[C@H](O)[C@H]2O)[C@H](O[C@@H]2O[C@@H](C)[C@@H](O)[C@@H](O)[C@@H]2O)[C@H]1O.[Na+]. The number of hydrogen-bond acceptors (Lipinski definition) is 18. The monoisotopic (exact) mass is 632 g/mol. The van der Waals surface area contributed by atoms with Gasteiger partial charge in [0.2, 0.25) is 10.4 Å². The zero-order valence-corrected chi connectivity index (χ0v) is 25.4. The summed E-state index contributed by atoms with van der Waals surface area (Å²) in [6.45, 7) is 1.28. The summed E-state index contributed by atoms with van der Waals surface area (Å²) in [6.07, 6.45) is -24.7. The van der Waals surface area contributed by atoms with E-state index in [1.165, 1.54) is 6.92 Å². The number of aliphatic hydroxyl groups excluding tert-OH is 8. The summed E-state index contributed by atoms with van der Waals surface area (Å²) in [5.41, 5.74) is 0. The van der Waals surface area contributed by atoms with E-state index >= 15 is 0 Å². The molecule has 0 radical (unpaired) electrons. The first-order valence-electron chi connectivity index (χ1n) is 12.6. The molecule has 3 aliphatic heterocycles. The number of ether oxygens (including phenoxy) is 6. The fourth-order valence-corrected chi connectivity index (χ4v) is 4.79. The summed E-state index contributed by atoms with van der Waals surface area (Å²) in [6, 6.07) is 0. The molecule has 0 aromatic heterocycles. The molecule has 3 aliphatic rings. The normalized spacial score (nSPS) is 45.7. The third-order valence-corrected chi connectivity index (χ3v) is 7.14. The van der Waals surface area contributed by atoms with Gasteiger partial charge in [-0.15, -0.1) is 0 Å². The Morgan fingerprint density at radius 3 is 1.83 bits per heavy atom. The van der Waals surface area contributed by atoms with Crippen molar-refractivity contribution < 1.29 is 116 Å². The van der Waals surface area contributed by atoms with Gasteiger partial charge in [0.15, 0.2) is 18.9 Å². The van der Waals surface area contributed by atoms with Crippen LogP contribution in [-0.4, -0.2) is 166 Å². The van der Waals surface area contributed by atoms with Crippen LogP contribution in [0.5, 0.6) is 0 Å². The Morgan fingerprint density at radius 1 is 0.732 bits per heavy atom. The van der Waals surface area contributed by atoms with E-state index in [9.17, 15) is 53.8 Å². The second kappa shape index (κ2) is 16.0. The molecule has 0 bridgehead atoms. The van der Waals surface area contributed by atoms with Crippen molar-refractivity contribution >= 4 is 10.4 Å². The molecule has 8 N–H and O–H groups in total. The van der Waals surface area contributed by atoms with Gasteiger partial charge < -0.3 is 73.8 Å². The molecule has 3 fully saturated rings. The zero-order chi connectivity index (χ0) is 29.9. The Labute approximate surface area is 257 Å². The molecule has 3 saturated heterocycles. The summed E-state index contributed by atoms with van der Waals surface area (Å²) in [7, 11) is -5.28. The fraction of sp³-hybridized carbons (Fsp3) is 1.00. The molecule has 20 heteroatoms. The van der Waals surface area contributed by atoms with Crippen LogP contribution < -0.4 is 29.6 Å². The van der Waals surface area contributed by atoms with Crippen LogP contribution in [0.4, 0.5) is 0 Å². The Balaban J connectivity index is 0.00000588. The molecular formula is C21H37NaO18S. The predicted octanol–water partition coefficient (Wildman–Crippen LogP) is -8.62. The van der Waals surface area contributed by atoms with Gasteiger partial charge in [0.25, 0.3) is 0 Å². The van der Waals surface area contributed by atoms with Crippen molar-refractivity contribution in [3.63, 3.8) is 0 Å². The Bertz CT molecular complexity index is 898. The van der Waals surface area contributed by atoms with E-state index < -0.39 is 116 Å². The maximum absolute atomic E-state index is 11.2. The minimum Gasteiger partial charge on any atom is -0.726 e. The van der Waals surface area contributed by atoms with Crippen molar-refractivity contribution in [3.05, 3.63) is 0 Å². The smallest absolute Gasteiger partial charge is 0.726 e. The second-order valence-electron chi connectivity index (χ2n) is 9.68. The number of aliphatic hydroxyl groups is 8. The number of rotatable bonds is 11. The van der Waals surface area contributed by atoms with Crippen molar-refractivity contribution in [1.82, 2.24) is 0 Å². The van der Waals surface area contributed by atoms with E-state index in [1.54, 1.807) is 6.92 Å². The molecule has 0 aromatic rings. The van der Waals surface area contributed by atoms with Crippen molar-refractivity contribution in [2.75, 3.05) is 19.8 Å². The summed E-state index contributed by atoms with van der Waals surface area (Å²) < 4.78 is 71.2. The molecule has 0 saturated carbocycles. The van der Waals surface area contributed by atoms with Crippen molar-refractivity contribution in [2.24, 2.45) is 0 Å². The van der Waals surface area contributed by atoms with Gasteiger partial charge in [0, 0.05) is 6.61 Å². The van der Waals surface area contributed by atoms with E-state index in [2.05, 4.69) is 4.18 Å². The summed E-state index contributed by atoms with van der Waals surface area (Å²) in [5, 5.41) is 81.9. The van der Waals surface area contributed by atoms with Gasteiger partial charge in [-0.3, -0.25) is 4.18 Å². The van der Waals surface area contributed by atoms with Crippen LogP contribution in [0.1, 0.15) is 20.3 Å². The second-order valence-corrected chi connectivity index (χ2v) is 10.7. The molecule has 0 aliphatic carbocycles. The van der Waals surface area contributed by atoms with E-state index in [4.69, 9.17) is 28.4 Å². The van der Waals surface area contributed by atoms with Gasteiger partial charge >= 0.3 is 29.6 Å². The van der Waals surface area contributed by atoms with Gasteiger partial charge in [-0.25, -0.2) is 8.42 Å². The molecule has 18 nitrogen and oxygen atoms in total. The molecule has 41 heavy (non-hydrogen) atoms. The molecule has 3 heterocycles. The molecular weight excluding hydrogens is 595 g/mol. The van der Waals surface area contributed by atoms with Crippen molar-refractivity contribution in [1.29, 1.82) is 0 Å². The van der Waals surface area contributed by atoms with Gasteiger partial charge in [-0.2, -0.15) is 0 Å². The summed E-state index contributed by atoms with van der Waals surface area (Å²) in [5.74, 6) is 0. The maximum Gasteiger partial charge on any atom is 1.00 e.